The Hall–Kier alpha value is -0.0400. The molecular weight excluding hydrogens is 194 g/mol. The zero-order valence-corrected chi connectivity index (χ0v) is 10.8. The molecule has 0 bridgehead atoms. The van der Waals surface area contributed by atoms with Gasteiger partial charge in [-0.1, -0.05) is 51.4 Å². The lowest BCUT2D eigenvalue weighted by atomic mass is 9.67. The van der Waals surface area contributed by atoms with E-state index in [-0.39, 0.29) is 0 Å². The van der Waals surface area contributed by atoms with Crippen molar-refractivity contribution in [3.05, 3.63) is 0 Å². The Labute approximate surface area is 101 Å². The second-order valence-corrected chi connectivity index (χ2v) is 6.17. The maximum Gasteiger partial charge on any atom is -0.00179 e. The van der Waals surface area contributed by atoms with Gasteiger partial charge in [0.15, 0.2) is 0 Å². The molecule has 0 amide bonds. The molecule has 0 spiro atoms. The van der Waals surface area contributed by atoms with Gasteiger partial charge in [-0.15, -0.1) is 0 Å². The molecule has 0 aliphatic heterocycles. The Morgan fingerprint density at radius 1 is 0.750 bits per heavy atom. The van der Waals surface area contributed by atoms with Crippen molar-refractivity contribution in [3.8, 4) is 0 Å². The molecule has 0 atom stereocenters. The van der Waals surface area contributed by atoms with Crippen molar-refractivity contribution >= 4 is 0 Å². The van der Waals surface area contributed by atoms with Gasteiger partial charge in [0, 0.05) is 0 Å². The first-order valence-corrected chi connectivity index (χ1v) is 7.57. The van der Waals surface area contributed by atoms with Crippen LogP contribution in [-0.2, 0) is 0 Å². The smallest absolute Gasteiger partial charge is 0.00179 e. The van der Waals surface area contributed by atoms with E-state index >= 15 is 0 Å². The second kappa shape index (κ2) is 6.05. The highest BCUT2D eigenvalue weighted by Gasteiger charge is 2.37. The van der Waals surface area contributed by atoms with E-state index in [9.17, 15) is 0 Å². The van der Waals surface area contributed by atoms with E-state index in [1.807, 2.05) is 0 Å². The molecular formula is C15H29N. The molecule has 0 heterocycles. The number of hydrogen-bond acceptors (Lipinski definition) is 1. The monoisotopic (exact) mass is 223 g/mol. The molecule has 2 rings (SSSR count). The van der Waals surface area contributed by atoms with Crippen LogP contribution >= 0.6 is 0 Å². The van der Waals surface area contributed by atoms with Gasteiger partial charge in [0.2, 0.25) is 0 Å². The fourth-order valence-corrected chi connectivity index (χ4v) is 4.10. The summed E-state index contributed by atoms with van der Waals surface area (Å²) < 4.78 is 0. The van der Waals surface area contributed by atoms with Crippen molar-refractivity contribution in [2.75, 3.05) is 6.54 Å². The quantitative estimate of drug-likeness (QED) is 0.696. The highest BCUT2D eigenvalue weighted by Crippen LogP contribution is 2.46. The molecule has 0 saturated heterocycles. The molecule has 0 aromatic carbocycles. The lowest BCUT2D eigenvalue weighted by molar-refractivity contribution is 0.124. The van der Waals surface area contributed by atoms with E-state index in [0.29, 0.717) is 5.41 Å². The van der Waals surface area contributed by atoms with Crippen molar-refractivity contribution in [1.29, 1.82) is 0 Å². The molecule has 2 aliphatic rings. The molecule has 1 heteroatoms. The molecule has 2 aliphatic carbocycles. The Morgan fingerprint density at radius 2 is 1.25 bits per heavy atom. The van der Waals surface area contributed by atoms with Crippen LogP contribution in [0.25, 0.3) is 0 Å². The van der Waals surface area contributed by atoms with E-state index in [1.165, 1.54) is 77.0 Å². The first-order valence-electron chi connectivity index (χ1n) is 7.57. The summed E-state index contributed by atoms with van der Waals surface area (Å²) >= 11 is 0. The molecule has 0 radical (unpaired) electrons. The maximum atomic E-state index is 6.19. The van der Waals surface area contributed by atoms with Crippen LogP contribution in [0.4, 0.5) is 0 Å². The zero-order chi connectivity index (χ0) is 11.3. The lowest BCUT2D eigenvalue weighted by Gasteiger charge is -2.39. The number of nitrogens with two attached hydrogens (primary N) is 1. The standard InChI is InChI=1S/C15H29N/c16-13-15(11-7-3-4-8-12-15)14-9-5-1-2-6-10-14/h14H,1-13,16H2. The summed E-state index contributed by atoms with van der Waals surface area (Å²) in [7, 11) is 0. The molecule has 16 heavy (non-hydrogen) atoms. The van der Waals surface area contributed by atoms with Gasteiger partial charge in [-0.2, -0.15) is 0 Å². The Kier molecular flexibility index (Phi) is 4.69. The maximum absolute atomic E-state index is 6.19. The van der Waals surface area contributed by atoms with Gasteiger partial charge in [-0.3, -0.25) is 0 Å². The van der Waals surface area contributed by atoms with Gasteiger partial charge in [-0.05, 0) is 43.6 Å². The summed E-state index contributed by atoms with van der Waals surface area (Å²) in [6.45, 7) is 0.956. The summed E-state index contributed by atoms with van der Waals surface area (Å²) in [6.07, 6.45) is 17.4. The summed E-state index contributed by atoms with van der Waals surface area (Å²) in [6, 6.07) is 0. The summed E-state index contributed by atoms with van der Waals surface area (Å²) in [5, 5.41) is 0. The zero-order valence-electron chi connectivity index (χ0n) is 10.8. The van der Waals surface area contributed by atoms with Crippen LogP contribution in [-0.4, -0.2) is 6.54 Å². The van der Waals surface area contributed by atoms with Gasteiger partial charge in [0.25, 0.3) is 0 Å². The van der Waals surface area contributed by atoms with Gasteiger partial charge in [0.1, 0.15) is 0 Å². The van der Waals surface area contributed by atoms with E-state index in [1.54, 1.807) is 0 Å². The predicted molar refractivity (Wildman–Crippen MR) is 70.4 cm³/mol. The van der Waals surface area contributed by atoms with Crippen molar-refractivity contribution in [2.45, 2.75) is 77.0 Å². The summed E-state index contributed by atoms with van der Waals surface area (Å²) in [4.78, 5) is 0. The highest BCUT2D eigenvalue weighted by atomic mass is 14.6. The molecule has 0 aromatic rings. The van der Waals surface area contributed by atoms with Gasteiger partial charge in [-0.25, -0.2) is 0 Å². The number of hydrogen-bond donors (Lipinski definition) is 1. The van der Waals surface area contributed by atoms with Crippen molar-refractivity contribution in [3.63, 3.8) is 0 Å². The summed E-state index contributed by atoms with van der Waals surface area (Å²) in [5.41, 5.74) is 6.73. The third kappa shape index (κ3) is 2.80. The van der Waals surface area contributed by atoms with Gasteiger partial charge in [0.05, 0.1) is 0 Å². The number of rotatable bonds is 2. The highest BCUT2D eigenvalue weighted by molar-refractivity contribution is 4.89. The molecule has 1 nitrogen and oxygen atoms in total. The minimum atomic E-state index is 0.542. The predicted octanol–water partition coefficient (Wildman–Crippen LogP) is 4.26. The van der Waals surface area contributed by atoms with Crippen LogP contribution in [0, 0.1) is 11.3 Å². The van der Waals surface area contributed by atoms with E-state index in [2.05, 4.69) is 0 Å². The molecule has 94 valence electrons. The van der Waals surface area contributed by atoms with Gasteiger partial charge >= 0.3 is 0 Å². The average molecular weight is 223 g/mol. The third-order valence-electron chi connectivity index (χ3n) is 5.23. The minimum Gasteiger partial charge on any atom is -0.330 e. The third-order valence-corrected chi connectivity index (χ3v) is 5.23. The minimum absolute atomic E-state index is 0.542. The normalized spacial score (nSPS) is 28.3. The van der Waals surface area contributed by atoms with Crippen molar-refractivity contribution < 1.29 is 0 Å². The Balaban J connectivity index is 2.04. The largest absolute Gasteiger partial charge is 0.330 e. The van der Waals surface area contributed by atoms with E-state index < -0.39 is 0 Å². The lowest BCUT2D eigenvalue weighted by Crippen LogP contribution is -2.37. The molecule has 0 unspecified atom stereocenters. The molecule has 2 fully saturated rings. The molecule has 2 saturated carbocycles. The van der Waals surface area contributed by atoms with Crippen LogP contribution in [0.15, 0.2) is 0 Å². The second-order valence-electron chi connectivity index (χ2n) is 6.17. The van der Waals surface area contributed by atoms with E-state index in [0.717, 1.165) is 12.5 Å². The first-order chi connectivity index (χ1) is 7.87. The SMILES string of the molecule is NCC1(C2CCCCCC2)CCCCCC1. The van der Waals surface area contributed by atoms with Crippen LogP contribution < -0.4 is 5.73 Å². The molecule has 2 N–H and O–H groups in total. The topological polar surface area (TPSA) is 26.0 Å². The van der Waals surface area contributed by atoms with Crippen molar-refractivity contribution in [1.82, 2.24) is 0 Å². The van der Waals surface area contributed by atoms with Crippen LogP contribution in [0.5, 0.6) is 0 Å². The summed E-state index contributed by atoms with van der Waals surface area (Å²) in [5.74, 6) is 0.957. The first kappa shape index (κ1) is 12.4. The Morgan fingerprint density at radius 3 is 1.75 bits per heavy atom. The molecule has 0 aromatic heterocycles. The van der Waals surface area contributed by atoms with E-state index in [4.69, 9.17) is 5.73 Å². The average Bonchev–Trinajstić information content (AvgIpc) is 2.72. The fourth-order valence-electron chi connectivity index (χ4n) is 4.10. The Bertz CT molecular complexity index is 184. The van der Waals surface area contributed by atoms with Crippen molar-refractivity contribution in [2.24, 2.45) is 17.1 Å². The van der Waals surface area contributed by atoms with Gasteiger partial charge < -0.3 is 5.73 Å². The van der Waals surface area contributed by atoms with Crippen LogP contribution in [0.3, 0.4) is 0 Å². The van der Waals surface area contributed by atoms with Crippen LogP contribution in [0.2, 0.25) is 0 Å². The fraction of sp³-hybridized carbons (Fsp3) is 1.00. The van der Waals surface area contributed by atoms with Crippen LogP contribution in [0.1, 0.15) is 77.0 Å².